The van der Waals surface area contributed by atoms with E-state index in [1.54, 1.807) is 0 Å². The number of piperidine rings is 1. The molecule has 2 nitrogen and oxygen atoms in total. The van der Waals surface area contributed by atoms with E-state index in [-0.39, 0.29) is 10.8 Å². The maximum atomic E-state index is 12.6. The molecule has 0 unspecified atom stereocenters. The molecule has 0 amide bonds. The van der Waals surface area contributed by atoms with Crippen molar-refractivity contribution >= 4 is 5.78 Å². The summed E-state index contributed by atoms with van der Waals surface area (Å²) in [4.78, 5) is 14.9. The first-order valence-electron chi connectivity index (χ1n) is 6.68. The van der Waals surface area contributed by atoms with Crippen LogP contribution in [0.3, 0.4) is 0 Å². The van der Waals surface area contributed by atoms with Crippen LogP contribution in [0.1, 0.15) is 53.9 Å². The highest BCUT2D eigenvalue weighted by Crippen LogP contribution is 2.41. The summed E-state index contributed by atoms with van der Waals surface area (Å²) in [5.74, 6) is 0.439. The lowest BCUT2D eigenvalue weighted by molar-refractivity contribution is -0.139. The first kappa shape index (κ1) is 14.3. The second-order valence-electron chi connectivity index (χ2n) is 6.44. The number of ketones is 1. The maximum Gasteiger partial charge on any atom is 0.144 e. The molecule has 0 aliphatic carbocycles. The molecular weight excluding hydrogens is 210 g/mol. The normalized spacial score (nSPS) is 20.2. The summed E-state index contributed by atoms with van der Waals surface area (Å²) in [5.41, 5.74) is 0.809. The minimum absolute atomic E-state index is 0.0931. The zero-order chi connectivity index (χ0) is 13.3. The van der Waals surface area contributed by atoms with Crippen LogP contribution >= 0.6 is 0 Å². The monoisotopic (exact) mass is 237 g/mol. The van der Waals surface area contributed by atoms with Gasteiger partial charge >= 0.3 is 0 Å². The molecule has 0 aromatic heterocycles. The lowest BCUT2D eigenvalue weighted by Crippen LogP contribution is -2.47. The quantitative estimate of drug-likeness (QED) is 0.747. The van der Waals surface area contributed by atoms with Crippen LogP contribution in [-0.2, 0) is 4.79 Å². The molecule has 0 atom stereocenters. The molecule has 2 heteroatoms. The molecule has 0 N–H and O–H groups in total. The minimum Gasteiger partial charge on any atom is -0.375 e. The zero-order valence-corrected chi connectivity index (χ0v) is 12.1. The smallest absolute Gasteiger partial charge is 0.144 e. The van der Waals surface area contributed by atoms with Gasteiger partial charge in [-0.2, -0.15) is 0 Å². The number of Topliss-reactive ketones (excluding diaryl/α,β-unsaturated/α-hetero) is 1. The van der Waals surface area contributed by atoms with E-state index in [4.69, 9.17) is 0 Å². The van der Waals surface area contributed by atoms with Gasteiger partial charge in [0.25, 0.3) is 0 Å². The molecule has 0 spiro atoms. The lowest BCUT2D eigenvalue weighted by Gasteiger charge is -2.44. The number of nitrogens with zero attached hydrogens (tertiary/aromatic N) is 1. The van der Waals surface area contributed by atoms with Crippen LogP contribution in [0.15, 0.2) is 12.3 Å². The van der Waals surface area contributed by atoms with Crippen molar-refractivity contribution in [1.82, 2.24) is 4.90 Å². The second-order valence-corrected chi connectivity index (χ2v) is 6.44. The van der Waals surface area contributed by atoms with Gasteiger partial charge in [-0.05, 0) is 26.2 Å². The number of carbonyl (C=O) groups excluding carboxylic acids is 1. The number of rotatable bonds is 3. The summed E-state index contributed by atoms with van der Waals surface area (Å²) >= 11 is 0. The van der Waals surface area contributed by atoms with Crippen molar-refractivity contribution in [2.75, 3.05) is 13.1 Å². The van der Waals surface area contributed by atoms with E-state index in [0.717, 1.165) is 38.0 Å². The van der Waals surface area contributed by atoms with Crippen LogP contribution in [0, 0.1) is 10.8 Å². The van der Waals surface area contributed by atoms with Crippen molar-refractivity contribution in [3.8, 4) is 0 Å². The first-order valence-corrected chi connectivity index (χ1v) is 6.68. The van der Waals surface area contributed by atoms with E-state index in [9.17, 15) is 4.79 Å². The Morgan fingerprint density at radius 2 is 1.76 bits per heavy atom. The third kappa shape index (κ3) is 2.91. The zero-order valence-electron chi connectivity index (χ0n) is 12.1. The molecule has 0 radical (unpaired) electrons. The molecule has 1 aliphatic heterocycles. The van der Waals surface area contributed by atoms with E-state index in [1.165, 1.54) is 0 Å². The van der Waals surface area contributed by atoms with Crippen molar-refractivity contribution in [1.29, 1.82) is 0 Å². The van der Waals surface area contributed by atoms with Gasteiger partial charge in [0.05, 0.1) is 0 Å². The van der Waals surface area contributed by atoms with Crippen molar-refractivity contribution in [3.63, 3.8) is 0 Å². The Bertz CT molecular complexity index is 303. The summed E-state index contributed by atoms with van der Waals surface area (Å²) in [6, 6.07) is 0. The van der Waals surface area contributed by atoms with Crippen molar-refractivity contribution in [2.45, 2.75) is 53.9 Å². The molecular formula is C15H27NO. The number of allylic oxidation sites excluding steroid dienone is 1. The molecule has 0 bridgehead atoms. The third-order valence-electron chi connectivity index (χ3n) is 4.10. The number of hydrogen-bond donors (Lipinski definition) is 0. The fraction of sp³-hybridized carbons (Fsp3) is 0.800. The van der Waals surface area contributed by atoms with Gasteiger partial charge in [0.1, 0.15) is 5.78 Å². The van der Waals surface area contributed by atoms with Crippen LogP contribution in [0.2, 0.25) is 0 Å². The fourth-order valence-corrected chi connectivity index (χ4v) is 2.85. The number of carbonyl (C=O) groups is 1. The van der Waals surface area contributed by atoms with Gasteiger partial charge in [0.15, 0.2) is 0 Å². The average Bonchev–Trinajstić information content (AvgIpc) is 2.26. The van der Waals surface area contributed by atoms with Crippen LogP contribution in [0.25, 0.3) is 0 Å². The molecule has 1 fully saturated rings. The van der Waals surface area contributed by atoms with Crippen LogP contribution in [0.5, 0.6) is 0 Å². The second kappa shape index (κ2) is 4.83. The minimum atomic E-state index is -0.221. The predicted molar refractivity (Wildman–Crippen MR) is 72.8 cm³/mol. The highest BCUT2D eigenvalue weighted by molar-refractivity contribution is 5.89. The largest absolute Gasteiger partial charge is 0.375 e. The maximum absolute atomic E-state index is 12.6. The predicted octanol–water partition coefficient (Wildman–Crippen LogP) is 3.63. The van der Waals surface area contributed by atoms with Crippen LogP contribution in [0.4, 0.5) is 0 Å². The van der Waals surface area contributed by atoms with Gasteiger partial charge in [-0.3, -0.25) is 4.79 Å². The topological polar surface area (TPSA) is 20.3 Å². The van der Waals surface area contributed by atoms with Crippen molar-refractivity contribution in [3.05, 3.63) is 12.3 Å². The Balaban J connectivity index is 2.81. The first-order chi connectivity index (χ1) is 7.73. The number of hydrogen-bond acceptors (Lipinski definition) is 2. The van der Waals surface area contributed by atoms with E-state index < -0.39 is 0 Å². The van der Waals surface area contributed by atoms with Gasteiger partial charge in [0, 0.05) is 29.6 Å². The Kier molecular flexibility index (Phi) is 4.06. The van der Waals surface area contributed by atoms with Crippen molar-refractivity contribution in [2.24, 2.45) is 10.8 Å². The Labute approximate surface area is 106 Å². The SMILES string of the molecule is C=C(C)N1CCC(CC)(C(=O)C(C)(C)C)CC1. The average molecular weight is 237 g/mol. The third-order valence-corrected chi connectivity index (χ3v) is 4.10. The van der Waals surface area contributed by atoms with E-state index in [0.29, 0.717) is 5.78 Å². The Hall–Kier alpha value is -0.790. The molecule has 1 saturated heterocycles. The highest BCUT2D eigenvalue weighted by atomic mass is 16.1. The molecule has 0 saturated carbocycles. The van der Waals surface area contributed by atoms with E-state index in [1.807, 2.05) is 27.7 Å². The van der Waals surface area contributed by atoms with Gasteiger partial charge in [-0.25, -0.2) is 0 Å². The molecule has 98 valence electrons. The highest BCUT2D eigenvalue weighted by Gasteiger charge is 2.43. The summed E-state index contributed by atoms with van der Waals surface area (Å²) in [6.07, 6.45) is 2.92. The standard InChI is InChI=1S/C15H27NO/c1-7-15(13(17)14(4,5)6)8-10-16(11-9-15)12(2)3/h2,7-11H2,1,3-6H3. The fourth-order valence-electron chi connectivity index (χ4n) is 2.85. The van der Waals surface area contributed by atoms with Crippen LogP contribution < -0.4 is 0 Å². The summed E-state index contributed by atoms with van der Waals surface area (Å²) < 4.78 is 0. The van der Waals surface area contributed by atoms with Crippen LogP contribution in [-0.4, -0.2) is 23.8 Å². The van der Waals surface area contributed by atoms with E-state index in [2.05, 4.69) is 18.4 Å². The summed E-state index contributed by atoms with van der Waals surface area (Å²) in [5, 5.41) is 0. The van der Waals surface area contributed by atoms with Gasteiger partial charge in [-0.15, -0.1) is 0 Å². The Morgan fingerprint density at radius 3 is 2.06 bits per heavy atom. The molecule has 0 aromatic carbocycles. The summed E-state index contributed by atoms with van der Waals surface area (Å²) in [7, 11) is 0. The molecule has 0 aromatic rings. The molecule has 1 rings (SSSR count). The Morgan fingerprint density at radius 1 is 1.29 bits per heavy atom. The molecule has 17 heavy (non-hydrogen) atoms. The lowest BCUT2D eigenvalue weighted by atomic mass is 9.65. The van der Waals surface area contributed by atoms with Gasteiger partial charge in [0.2, 0.25) is 0 Å². The molecule has 1 aliphatic rings. The summed E-state index contributed by atoms with van der Waals surface area (Å²) in [6.45, 7) is 16.3. The van der Waals surface area contributed by atoms with Gasteiger partial charge in [-0.1, -0.05) is 34.3 Å². The van der Waals surface area contributed by atoms with Crippen molar-refractivity contribution < 1.29 is 4.79 Å². The van der Waals surface area contributed by atoms with Gasteiger partial charge < -0.3 is 4.90 Å². The molecule has 1 heterocycles. The van der Waals surface area contributed by atoms with E-state index >= 15 is 0 Å². The number of likely N-dealkylation sites (tertiary alicyclic amines) is 1.